The predicted molar refractivity (Wildman–Crippen MR) is 133 cm³/mol. The number of aryl methyl sites for hydroxylation is 2. The summed E-state index contributed by atoms with van der Waals surface area (Å²) in [4.78, 5) is 27.4. The molecule has 0 saturated heterocycles. The Morgan fingerprint density at radius 2 is 1.67 bits per heavy atom. The molecule has 7 nitrogen and oxygen atoms in total. The molecule has 0 aliphatic heterocycles. The summed E-state index contributed by atoms with van der Waals surface area (Å²) >= 11 is 12.6. The molecule has 0 aromatic heterocycles. The first-order valence-corrected chi connectivity index (χ1v) is 13.0. The third-order valence-electron chi connectivity index (χ3n) is 5.48. The first-order chi connectivity index (χ1) is 15.4. The predicted octanol–water partition coefficient (Wildman–Crippen LogP) is 3.93. The highest BCUT2D eigenvalue weighted by molar-refractivity contribution is 7.92. The molecule has 0 aliphatic rings. The molecular weight excluding hydrogens is 485 g/mol. The van der Waals surface area contributed by atoms with E-state index < -0.39 is 28.5 Å². The number of nitrogens with zero attached hydrogens (tertiary/aromatic N) is 2. The van der Waals surface area contributed by atoms with Gasteiger partial charge in [-0.15, -0.1) is 0 Å². The second-order valence-electron chi connectivity index (χ2n) is 7.80. The van der Waals surface area contributed by atoms with Gasteiger partial charge in [0.05, 0.1) is 11.9 Å². The molecule has 2 aromatic rings. The SMILES string of the molecule is CCC(C(=O)NC)N(Cc1c(Cl)cccc1Cl)C(=O)CN(c1ccc(C)c(C)c1)S(C)(=O)=O. The molecule has 1 unspecified atom stereocenters. The summed E-state index contributed by atoms with van der Waals surface area (Å²) in [6, 6.07) is 9.30. The van der Waals surface area contributed by atoms with E-state index in [9.17, 15) is 18.0 Å². The van der Waals surface area contributed by atoms with Crippen molar-refractivity contribution < 1.29 is 18.0 Å². The molecule has 0 fully saturated rings. The van der Waals surface area contributed by atoms with Crippen LogP contribution < -0.4 is 9.62 Å². The van der Waals surface area contributed by atoms with E-state index in [0.29, 0.717) is 27.7 Å². The fourth-order valence-electron chi connectivity index (χ4n) is 3.43. The van der Waals surface area contributed by atoms with Crippen molar-refractivity contribution in [2.24, 2.45) is 0 Å². The van der Waals surface area contributed by atoms with Crippen LogP contribution in [0, 0.1) is 13.8 Å². The Labute approximate surface area is 205 Å². The quantitative estimate of drug-likeness (QED) is 0.550. The fraction of sp³-hybridized carbons (Fsp3) is 0.391. The number of hydrogen-bond donors (Lipinski definition) is 1. The molecule has 2 aromatic carbocycles. The highest BCUT2D eigenvalue weighted by Crippen LogP contribution is 2.28. The fourth-order valence-corrected chi connectivity index (χ4v) is 4.79. The van der Waals surface area contributed by atoms with Crippen molar-refractivity contribution in [3.05, 3.63) is 63.1 Å². The van der Waals surface area contributed by atoms with Gasteiger partial charge >= 0.3 is 0 Å². The van der Waals surface area contributed by atoms with E-state index in [1.54, 1.807) is 43.3 Å². The zero-order valence-corrected chi connectivity index (χ0v) is 21.7. The number of likely N-dealkylation sites (N-methyl/N-ethyl adjacent to an activating group) is 1. The first-order valence-electron chi connectivity index (χ1n) is 10.4. The summed E-state index contributed by atoms with van der Waals surface area (Å²) in [7, 11) is -2.31. The van der Waals surface area contributed by atoms with Crippen molar-refractivity contribution in [1.82, 2.24) is 10.2 Å². The molecule has 0 aliphatic carbocycles. The van der Waals surface area contributed by atoms with Crippen LogP contribution in [0.3, 0.4) is 0 Å². The number of sulfonamides is 1. The van der Waals surface area contributed by atoms with Gasteiger partial charge < -0.3 is 10.2 Å². The summed E-state index contributed by atoms with van der Waals surface area (Å²) < 4.78 is 26.3. The van der Waals surface area contributed by atoms with Crippen LogP contribution in [0.25, 0.3) is 0 Å². The van der Waals surface area contributed by atoms with Crippen LogP contribution in [0.15, 0.2) is 36.4 Å². The highest BCUT2D eigenvalue weighted by atomic mass is 35.5. The molecule has 10 heteroatoms. The van der Waals surface area contributed by atoms with Gasteiger partial charge in [0.15, 0.2) is 0 Å². The lowest BCUT2D eigenvalue weighted by molar-refractivity contribution is -0.140. The number of carbonyl (C=O) groups is 2. The van der Waals surface area contributed by atoms with Crippen LogP contribution in [-0.2, 0) is 26.2 Å². The van der Waals surface area contributed by atoms with Gasteiger partial charge in [0, 0.05) is 29.2 Å². The van der Waals surface area contributed by atoms with Gasteiger partial charge in [0.25, 0.3) is 0 Å². The monoisotopic (exact) mass is 513 g/mol. The van der Waals surface area contributed by atoms with Gasteiger partial charge in [0.1, 0.15) is 12.6 Å². The van der Waals surface area contributed by atoms with E-state index in [1.165, 1.54) is 11.9 Å². The van der Waals surface area contributed by atoms with Gasteiger partial charge in [0.2, 0.25) is 21.8 Å². The third kappa shape index (κ3) is 6.62. The molecule has 0 bridgehead atoms. The minimum atomic E-state index is -3.79. The minimum absolute atomic E-state index is 0.0478. The second kappa shape index (κ2) is 11.2. The summed E-state index contributed by atoms with van der Waals surface area (Å²) in [5, 5.41) is 3.26. The van der Waals surface area contributed by atoms with E-state index >= 15 is 0 Å². The van der Waals surface area contributed by atoms with Crippen LogP contribution >= 0.6 is 23.2 Å². The highest BCUT2D eigenvalue weighted by Gasteiger charge is 2.32. The van der Waals surface area contributed by atoms with Gasteiger partial charge in [-0.2, -0.15) is 0 Å². The van der Waals surface area contributed by atoms with E-state index in [2.05, 4.69) is 5.32 Å². The van der Waals surface area contributed by atoms with E-state index in [0.717, 1.165) is 21.7 Å². The Morgan fingerprint density at radius 1 is 1.06 bits per heavy atom. The van der Waals surface area contributed by atoms with Crippen LogP contribution in [0.5, 0.6) is 0 Å². The number of halogens is 2. The van der Waals surface area contributed by atoms with Crippen molar-refractivity contribution in [3.8, 4) is 0 Å². The summed E-state index contributed by atoms with van der Waals surface area (Å²) in [6.45, 7) is 5.03. The van der Waals surface area contributed by atoms with Gasteiger partial charge in [-0.1, -0.05) is 42.3 Å². The average Bonchev–Trinajstić information content (AvgIpc) is 2.74. The van der Waals surface area contributed by atoms with Crippen LogP contribution in [0.4, 0.5) is 5.69 Å². The molecule has 0 saturated carbocycles. The maximum absolute atomic E-state index is 13.5. The Balaban J connectivity index is 2.51. The van der Waals surface area contributed by atoms with Crippen LogP contribution in [0.1, 0.15) is 30.0 Å². The number of hydrogen-bond acceptors (Lipinski definition) is 4. The number of anilines is 1. The lowest BCUT2D eigenvalue weighted by Gasteiger charge is -2.33. The van der Waals surface area contributed by atoms with E-state index in [4.69, 9.17) is 23.2 Å². The third-order valence-corrected chi connectivity index (χ3v) is 7.33. The lowest BCUT2D eigenvalue weighted by Crippen LogP contribution is -2.51. The molecule has 33 heavy (non-hydrogen) atoms. The molecule has 0 radical (unpaired) electrons. The normalized spacial score (nSPS) is 12.2. The summed E-state index contributed by atoms with van der Waals surface area (Å²) in [6.07, 6.45) is 1.36. The summed E-state index contributed by atoms with van der Waals surface area (Å²) in [5.41, 5.74) is 2.75. The van der Waals surface area contributed by atoms with Crippen LogP contribution in [-0.4, -0.2) is 51.0 Å². The number of benzene rings is 2. The summed E-state index contributed by atoms with van der Waals surface area (Å²) in [5.74, 6) is -0.920. The molecule has 2 amide bonds. The van der Waals surface area contributed by atoms with Crippen molar-refractivity contribution in [3.63, 3.8) is 0 Å². The molecule has 1 atom stereocenters. The Bertz CT molecular complexity index is 1120. The molecule has 2 rings (SSSR count). The molecule has 1 N–H and O–H groups in total. The number of nitrogens with one attached hydrogen (secondary N) is 1. The Kier molecular flexibility index (Phi) is 9.17. The second-order valence-corrected chi connectivity index (χ2v) is 10.5. The average molecular weight is 514 g/mol. The standard InChI is InChI=1S/C23H29Cl2N3O4S/c1-6-21(23(30)26-4)27(13-18-19(24)8-7-9-20(18)25)22(29)14-28(33(5,31)32)17-11-10-15(2)16(3)12-17/h7-12,21H,6,13-14H2,1-5H3,(H,26,30). The van der Waals surface area contributed by atoms with Crippen molar-refractivity contribution >= 4 is 50.7 Å². The number of amides is 2. The zero-order valence-electron chi connectivity index (χ0n) is 19.4. The maximum atomic E-state index is 13.5. The van der Waals surface area contributed by atoms with E-state index in [1.807, 2.05) is 13.8 Å². The molecule has 180 valence electrons. The minimum Gasteiger partial charge on any atom is -0.357 e. The van der Waals surface area contributed by atoms with Crippen molar-refractivity contribution in [1.29, 1.82) is 0 Å². The Hall–Kier alpha value is -2.29. The smallest absolute Gasteiger partial charge is 0.244 e. The largest absolute Gasteiger partial charge is 0.357 e. The number of carbonyl (C=O) groups excluding carboxylic acids is 2. The number of rotatable bonds is 9. The van der Waals surface area contributed by atoms with E-state index in [-0.39, 0.29) is 12.5 Å². The molecular formula is C23H29Cl2N3O4S. The van der Waals surface area contributed by atoms with Crippen molar-refractivity contribution in [2.45, 2.75) is 39.8 Å². The van der Waals surface area contributed by atoms with Crippen molar-refractivity contribution in [2.75, 3.05) is 24.2 Å². The first kappa shape index (κ1) is 27.0. The maximum Gasteiger partial charge on any atom is 0.244 e. The topological polar surface area (TPSA) is 86.8 Å². The molecule has 0 spiro atoms. The molecule has 0 heterocycles. The van der Waals surface area contributed by atoms with Gasteiger partial charge in [-0.3, -0.25) is 13.9 Å². The van der Waals surface area contributed by atoms with Gasteiger partial charge in [-0.25, -0.2) is 8.42 Å². The van der Waals surface area contributed by atoms with Crippen LogP contribution in [0.2, 0.25) is 10.0 Å². The Morgan fingerprint density at radius 3 is 2.15 bits per heavy atom. The lowest BCUT2D eigenvalue weighted by atomic mass is 10.1. The van der Waals surface area contributed by atoms with Gasteiger partial charge in [-0.05, 0) is 55.7 Å². The zero-order chi connectivity index (χ0) is 24.9.